The number of nitrogens with zero attached hydrogens (tertiary/aromatic N) is 4. The molecular formula is C17H16N4OS. The number of hydrogen-bond donors (Lipinski definition) is 0. The van der Waals surface area contributed by atoms with E-state index in [4.69, 9.17) is 0 Å². The largest absolute Gasteiger partial charge is 0.334 e. The molecule has 0 aliphatic carbocycles. The van der Waals surface area contributed by atoms with Crippen molar-refractivity contribution in [3.63, 3.8) is 0 Å². The van der Waals surface area contributed by atoms with Gasteiger partial charge in [0.25, 0.3) is 5.91 Å². The van der Waals surface area contributed by atoms with Crippen molar-refractivity contribution in [1.82, 2.24) is 19.9 Å². The smallest absolute Gasteiger partial charge is 0.254 e. The van der Waals surface area contributed by atoms with Crippen LogP contribution in [-0.4, -0.2) is 32.3 Å². The zero-order valence-electron chi connectivity index (χ0n) is 12.5. The lowest BCUT2D eigenvalue weighted by molar-refractivity contribution is 0.0744. The molecule has 3 aromatic heterocycles. The molecule has 0 radical (unpaired) electrons. The fourth-order valence-electron chi connectivity index (χ4n) is 2.25. The molecule has 0 unspecified atom stereocenters. The SMILES string of the molecule is O=C(c1ccncc1)N(CCc1cscn1)Cc1ccncc1. The third-order valence-electron chi connectivity index (χ3n) is 3.46. The zero-order chi connectivity index (χ0) is 15.9. The van der Waals surface area contributed by atoms with Gasteiger partial charge in [-0.3, -0.25) is 14.8 Å². The van der Waals surface area contributed by atoms with Crippen LogP contribution in [0.15, 0.2) is 59.9 Å². The number of hydrogen-bond acceptors (Lipinski definition) is 5. The van der Waals surface area contributed by atoms with E-state index in [2.05, 4.69) is 15.0 Å². The van der Waals surface area contributed by atoms with E-state index in [9.17, 15) is 4.79 Å². The van der Waals surface area contributed by atoms with Crippen molar-refractivity contribution in [3.05, 3.63) is 76.8 Å². The van der Waals surface area contributed by atoms with E-state index in [1.165, 1.54) is 0 Å². The van der Waals surface area contributed by atoms with Gasteiger partial charge in [-0.15, -0.1) is 11.3 Å². The standard InChI is InChI=1S/C17H16N4OS/c22-17(15-3-8-19-9-4-15)21(10-5-16-12-23-13-20-16)11-14-1-6-18-7-2-14/h1-4,6-9,12-13H,5,10-11H2. The van der Waals surface area contributed by atoms with Crippen molar-refractivity contribution in [1.29, 1.82) is 0 Å². The van der Waals surface area contributed by atoms with Crippen LogP contribution in [0.2, 0.25) is 0 Å². The molecule has 0 aromatic carbocycles. The highest BCUT2D eigenvalue weighted by Gasteiger charge is 2.16. The summed E-state index contributed by atoms with van der Waals surface area (Å²) in [5, 5.41) is 2.02. The molecule has 0 aliphatic heterocycles. The first-order chi connectivity index (χ1) is 11.3. The Balaban J connectivity index is 1.76. The van der Waals surface area contributed by atoms with Crippen LogP contribution >= 0.6 is 11.3 Å². The van der Waals surface area contributed by atoms with Crippen LogP contribution in [0.3, 0.4) is 0 Å². The van der Waals surface area contributed by atoms with Gasteiger partial charge < -0.3 is 4.90 Å². The summed E-state index contributed by atoms with van der Waals surface area (Å²) in [4.78, 5) is 26.9. The fourth-order valence-corrected chi connectivity index (χ4v) is 2.84. The highest BCUT2D eigenvalue weighted by atomic mass is 32.1. The van der Waals surface area contributed by atoms with Crippen molar-refractivity contribution in [2.24, 2.45) is 0 Å². The maximum atomic E-state index is 12.8. The number of aromatic nitrogens is 3. The van der Waals surface area contributed by atoms with E-state index in [1.54, 1.807) is 48.3 Å². The molecular weight excluding hydrogens is 308 g/mol. The number of amides is 1. The monoisotopic (exact) mass is 324 g/mol. The Kier molecular flexibility index (Phi) is 5.06. The predicted octanol–water partition coefficient (Wildman–Crippen LogP) is 2.82. The van der Waals surface area contributed by atoms with Gasteiger partial charge in [-0.2, -0.15) is 0 Å². The van der Waals surface area contributed by atoms with Crippen LogP contribution in [-0.2, 0) is 13.0 Å². The maximum Gasteiger partial charge on any atom is 0.254 e. The summed E-state index contributed by atoms with van der Waals surface area (Å²) < 4.78 is 0. The van der Waals surface area contributed by atoms with Gasteiger partial charge in [0.2, 0.25) is 0 Å². The second kappa shape index (κ2) is 7.60. The third kappa shape index (κ3) is 4.20. The van der Waals surface area contributed by atoms with Gasteiger partial charge in [0, 0.05) is 55.2 Å². The number of thiazole rings is 1. The minimum atomic E-state index is -0.000517. The summed E-state index contributed by atoms with van der Waals surface area (Å²) in [6.45, 7) is 1.17. The van der Waals surface area contributed by atoms with Crippen LogP contribution in [0.25, 0.3) is 0 Å². The summed E-state index contributed by atoms with van der Waals surface area (Å²) >= 11 is 1.57. The van der Waals surface area contributed by atoms with Gasteiger partial charge in [0.05, 0.1) is 11.2 Å². The van der Waals surface area contributed by atoms with E-state index in [1.807, 2.05) is 27.9 Å². The lowest BCUT2D eigenvalue weighted by atomic mass is 10.2. The molecule has 3 rings (SSSR count). The van der Waals surface area contributed by atoms with Crippen LogP contribution in [0.5, 0.6) is 0 Å². The lowest BCUT2D eigenvalue weighted by Crippen LogP contribution is -2.32. The molecule has 0 saturated carbocycles. The highest BCUT2D eigenvalue weighted by molar-refractivity contribution is 7.07. The van der Waals surface area contributed by atoms with Crippen LogP contribution in [0.4, 0.5) is 0 Å². The van der Waals surface area contributed by atoms with E-state index in [-0.39, 0.29) is 5.91 Å². The lowest BCUT2D eigenvalue weighted by Gasteiger charge is -2.22. The van der Waals surface area contributed by atoms with Gasteiger partial charge in [0.1, 0.15) is 0 Å². The normalized spacial score (nSPS) is 10.4. The molecule has 0 N–H and O–H groups in total. The molecule has 3 heterocycles. The Labute approximate surface area is 138 Å². The molecule has 116 valence electrons. The van der Waals surface area contributed by atoms with Gasteiger partial charge in [-0.1, -0.05) is 0 Å². The summed E-state index contributed by atoms with van der Waals surface area (Å²) in [5.41, 5.74) is 4.53. The van der Waals surface area contributed by atoms with Gasteiger partial charge in [-0.05, 0) is 29.8 Å². The number of rotatable bonds is 6. The average Bonchev–Trinajstić information content (AvgIpc) is 3.13. The molecule has 0 bridgehead atoms. The minimum Gasteiger partial charge on any atom is -0.334 e. The molecule has 5 nitrogen and oxygen atoms in total. The average molecular weight is 324 g/mol. The predicted molar refractivity (Wildman–Crippen MR) is 89.0 cm³/mol. The summed E-state index contributed by atoms with van der Waals surface area (Å²) in [5.74, 6) is -0.000517. The van der Waals surface area contributed by atoms with E-state index < -0.39 is 0 Å². The Morgan fingerprint density at radius 1 is 1.04 bits per heavy atom. The minimum absolute atomic E-state index is 0.000517. The van der Waals surface area contributed by atoms with Crippen molar-refractivity contribution < 1.29 is 4.79 Å². The summed E-state index contributed by atoms with van der Waals surface area (Å²) in [6, 6.07) is 7.33. The van der Waals surface area contributed by atoms with E-state index in [0.29, 0.717) is 18.7 Å². The van der Waals surface area contributed by atoms with Crippen molar-refractivity contribution in [3.8, 4) is 0 Å². The Hall–Kier alpha value is -2.60. The molecule has 3 aromatic rings. The second-order valence-electron chi connectivity index (χ2n) is 5.05. The van der Waals surface area contributed by atoms with Crippen molar-refractivity contribution in [2.75, 3.05) is 6.54 Å². The first-order valence-electron chi connectivity index (χ1n) is 7.28. The number of carbonyl (C=O) groups is 1. The maximum absolute atomic E-state index is 12.8. The summed E-state index contributed by atoms with van der Waals surface area (Å²) in [7, 11) is 0. The van der Waals surface area contributed by atoms with E-state index in [0.717, 1.165) is 17.7 Å². The quantitative estimate of drug-likeness (QED) is 0.699. The van der Waals surface area contributed by atoms with Gasteiger partial charge >= 0.3 is 0 Å². The molecule has 23 heavy (non-hydrogen) atoms. The molecule has 0 spiro atoms. The van der Waals surface area contributed by atoms with Crippen molar-refractivity contribution >= 4 is 17.2 Å². The van der Waals surface area contributed by atoms with Crippen LogP contribution in [0, 0.1) is 0 Å². The molecule has 1 amide bonds. The zero-order valence-corrected chi connectivity index (χ0v) is 13.3. The van der Waals surface area contributed by atoms with E-state index >= 15 is 0 Å². The Morgan fingerprint density at radius 3 is 2.39 bits per heavy atom. The topological polar surface area (TPSA) is 59.0 Å². The molecule has 0 atom stereocenters. The van der Waals surface area contributed by atoms with Crippen LogP contribution < -0.4 is 0 Å². The molecule has 0 aliphatic rings. The number of pyridine rings is 2. The highest BCUT2D eigenvalue weighted by Crippen LogP contribution is 2.11. The second-order valence-corrected chi connectivity index (χ2v) is 5.77. The number of carbonyl (C=O) groups excluding carboxylic acids is 1. The Morgan fingerprint density at radius 2 is 1.74 bits per heavy atom. The molecule has 6 heteroatoms. The van der Waals surface area contributed by atoms with Gasteiger partial charge in [0.15, 0.2) is 0 Å². The van der Waals surface area contributed by atoms with Gasteiger partial charge in [-0.25, -0.2) is 4.98 Å². The molecule has 0 fully saturated rings. The first kappa shape index (κ1) is 15.3. The Bertz CT molecular complexity index is 732. The first-order valence-corrected chi connectivity index (χ1v) is 8.22. The summed E-state index contributed by atoms with van der Waals surface area (Å²) in [6.07, 6.45) is 7.50. The third-order valence-corrected chi connectivity index (χ3v) is 4.09. The van der Waals surface area contributed by atoms with Crippen LogP contribution in [0.1, 0.15) is 21.6 Å². The molecule has 0 saturated heterocycles. The van der Waals surface area contributed by atoms with Crippen molar-refractivity contribution in [2.45, 2.75) is 13.0 Å². The fraction of sp³-hybridized carbons (Fsp3) is 0.176.